The van der Waals surface area contributed by atoms with Crippen LogP contribution < -0.4 is 4.90 Å². The van der Waals surface area contributed by atoms with Gasteiger partial charge in [-0.3, -0.25) is 4.98 Å². The second kappa shape index (κ2) is 6.50. The van der Waals surface area contributed by atoms with Gasteiger partial charge in [-0.1, -0.05) is 0 Å². The van der Waals surface area contributed by atoms with Gasteiger partial charge >= 0.3 is 6.09 Å². The molecule has 1 fully saturated rings. The average Bonchev–Trinajstić information content (AvgIpc) is 2.45. The van der Waals surface area contributed by atoms with E-state index in [0.717, 1.165) is 30.9 Å². The maximum absolute atomic E-state index is 12.3. The summed E-state index contributed by atoms with van der Waals surface area (Å²) >= 11 is 0. The molecule has 0 spiro atoms. The molecule has 1 saturated heterocycles. The SMILES string of the molecule is CN(C)c1nccnc1[C@H]1CCCN(C(=O)OC(C)(C)C)C1. The Morgan fingerprint density at radius 2 is 2.00 bits per heavy atom. The Balaban J connectivity index is 2.13. The number of likely N-dealkylation sites (tertiary alicyclic amines) is 1. The lowest BCUT2D eigenvalue weighted by Crippen LogP contribution is -2.42. The summed E-state index contributed by atoms with van der Waals surface area (Å²) in [6, 6.07) is 0. The third-order valence-corrected chi connectivity index (χ3v) is 3.59. The Labute approximate surface area is 132 Å². The lowest BCUT2D eigenvalue weighted by Gasteiger charge is -2.34. The Morgan fingerprint density at radius 3 is 2.64 bits per heavy atom. The fraction of sp³-hybridized carbons (Fsp3) is 0.688. The summed E-state index contributed by atoms with van der Waals surface area (Å²) in [5.41, 5.74) is 0.492. The van der Waals surface area contributed by atoms with Gasteiger partial charge in [0.15, 0.2) is 0 Å². The number of carbonyl (C=O) groups excluding carboxylic acids is 1. The summed E-state index contributed by atoms with van der Waals surface area (Å²) in [5, 5.41) is 0. The van der Waals surface area contributed by atoms with Crippen LogP contribution in [0.25, 0.3) is 0 Å². The number of anilines is 1. The topological polar surface area (TPSA) is 58.6 Å². The normalized spacial score (nSPS) is 19.0. The third-order valence-electron chi connectivity index (χ3n) is 3.59. The molecule has 122 valence electrons. The molecule has 2 heterocycles. The van der Waals surface area contributed by atoms with E-state index in [1.54, 1.807) is 17.3 Å². The van der Waals surface area contributed by atoms with E-state index in [1.165, 1.54) is 0 Å². The summed E-state index contributed by atoms with van der Waals surface area (Å²) in [7, 11) is 3.92. The van der Waals surface area contributed by atoms with Gasteiger partial charge < -0.3 is 14.5 Å². The minimum absolute atomic E-state index is 0.201. The van der Waals surface area contributed by atoms with Crippen molar-refractivity contribution in [3.05, 3.63) is 18.1 Å². The molecule has 1 aromatic heterocycles. The summed E-state index contributed by atoms with van der Waals surface area (Å²) in [6.45, 7) is 7.04. The van der Waals surface area contributed by atoms with Gasteiger partial charge in [0, 0.05) is 45.5 Å². The van der Waals surface area contributed by atoms with Crippen molar-refractivity contribution in [3.63, 3.8) is 0 Å². The lowest BCUT2D eigenvalue weighted by molar-refractivity contribution is 0.0197. The summed E-state index contributed by atoms with van der Waals surface area (Å²) in [4.78, 5) is 24.9. The van der Waals surface area contributed by atoms with Gasteiger partial charge in [-0.2, -0.15) is 0 Å². The predicted molar refractivity (Wildman–Crippen MR) is 86.1 cm³/mol. The molecule has 1 aromatic rings. The first kappa shape index (κ1) is 16.5. The standard InChI is InChI=1S/C16H26N4O2/c1-16(2,3)22-15(21)20-10-6-7-12(11-20)13-14(19(4)5)18-9-8-17-13/h8-9,12H,6-7,10-11H2,1-5H3/t12-/m0/s1. The highest BCUT2D eigenvalue weighted by atomic mass is 16.6. The van der Waals surface area contributed by atoms with Crippen molar-refractivity contribution in [2.75, 3.05) is 32.1 Å². The molecule has 0 saturated carbocycles. The van der Waals surface area contributed by atoms with Gasteiger partial charge in [0.25, 0.3) is 0 Å². The largest absolute Gasteiger partial charge is 0.444 e. The van der Waals surface area contributed by atoms with Crippen molar-refractivity contribution in [1.82, 2.24) is 14.9 Å². The number of hydrogen-bond acceptors (Lipinski definition) is 5. The molecule has 0 aliphatic carbocycles. The lowest BCUT2D eigenvalue weighted by atomic mass is 9.94. The molecule has 0 N–H and O–H groups in total. The van der Waals surface area contributed by atoms with Gasteiger partial charge in [0.1, 0.15) is 11.4 Å². The molecule has 6 heteroatoms. The molecule has 1 aliphatic rings. The fourth-order valence-electron chi connectivity index (χ4n) is 2.67. The van der Waals surface area contributed by atoms with Crippen LogP contribution in [-0.4, -0.2) is 53.7 Å². The quantitative estimate of drug-likeness (QED) is 0.840. The molecule has 22 heavy (non-hydrogen) atoms. The van der Waals surface area contributed by atoms with E-state index in [4.69, 9.17) is 4.74 Å². The van der Waals surface area contributed by atoms with Crippen molar-refractivity contribution in [2.45, 2.75) is 45.1 Å². The van der Waals surface area contributed by atoms with Crippen LogP contribution in [0.3, 0.4) is 0 Å². The van der Waals surface area contributed by atoms with Crippen LogP contribution in [0.15, 0.2) is 12.4 Å². The fourth-order valence-corrected chi connectivity index (χ4v) is 2.67. The minimum Gasteiger partial charge on any atom is -0.444 e. The first-order valence-corrected chi connectivity index (χ1v) is 7.74. The van der Waals surface area contributed by atoms with Gasteiger partial charge in [0.05, 0.1) is 5.69 Å². The van der Waals surface area contributed by atoms with Crippen LogP contribution in [-0.2, 0) is 4.74 Å². The molecule has 1 amide bonds. The van der Waals surface area contributed by atoms with E-state index >= 15 is 0 Å². The van der Waals surface area contributed by atoms with Crippen LogP contribution in [0.2, 0.25) is 0 Å². The smallest absolute Gasteiger partial charge is 0.410 e. The number of rotatable bonds is 2. The number of amides is 1. The molecule has 0 unspecified atom stereocenters. The van der Waals surface area contributed by atoms with E-state index in [2.05, 4.69) is 9.97 Å². The number of ether oxygens (including phenoxy) is 1. The molecule has 0 radical (unpaired) electrons. The highest BCUT2D eigenvalue weighted by Crippen LogP contribution is 2.30. The predicted octanol–water partition coefficient (Wildman–Crippen LogP) is 2.66. The Bertz CT molecular complexity index is 525. The minimum atomic E-state index is -0.467. The number of aromatic nitrogens is 2. The van der Waals surface area contributed by atoms with E-state index in [-0.39, 0.29) is 12.0 Å². The third kappa shape index (κ3) is 4.08. The second-order valence-electron chi connectivity index (χ2n) is 6.93. The van der Waals surface area contributed by atoms with Crippen molar-refractivity contribution >= 4 is 11.9 Å². The van der Waals surface area contributed by atoms with Gasteiger partial charge in [-0.25, -0.2) is 9.78 Å². The van der Waals surface area contributed by atoms with E-state index in [0.29, 0.717) is 6.54 Å². The first-order valence-electron chi connectivity index (χ1n) is 7.74. The van der Waals surface area contributed by atoms with Crippen LogP contribution in [0.1, 0.15) is 45.2 Å². The van der Waals surface area contributed by atoms with E-state index in [1.807, 2.05) is 39.8 Å². The number of nitrogens with zero attached hydrogens (tertiary/aromatic N) is 4. The molecule has 0 bridgehead atoms. The highest BCUT2D eigenvalue weighted by Gasteiger charge is 2.30. The first-order chi connectivity index (χ1) is 10.3. The van der Waals surface area contributed by atoms with Gasteiger partial charge in [-0.05, 0) is 33.6 Å². The van der Waals surface area contributed by atoms with Gasteiger partial charge in [-0.15, -0.1) is 0 Å². The molecular weight excluding hydrogens is 280 g/mol. The number of carbonyl (C=O) groups is 1. The maximum atomic E-state index is 12.3. The summed E-state index contributed by atoms with van der Waals surface area (Å²) in [6.07, 6.45) is 5.14. The van der Waals surface area contributed by atoms with E-state index < -0.39 is 5.60 Å². The Morgan fingerprint density at radius 1 is 1.32 bits per heavy atom. The van der Waals surface area contributed by atoms with E-state index in [9.17, 15) is 4.79 Å². The van der Waals surface area contributed by atoms with Crippen molar-refractivity contribution < 1.29 is 9.53 Å². The van der Waals surface area contributed by atoms with Crippen molar-refractivity contribution in [1.29, 1.82) is 0 Å². The molecule has 1 aliphatic heterocycles. The monoisotopic (exact) mass is 306 g/mol. The van der Waals surface area contributed by atoms with Gasteiger partial charge in [0.2, 0.25) is 0 Å². The van der Waals surface area contributed by atoms with Crippen LogP contribution >= 0.6 is 0 Å². The zero-order valence-corrected chi connectivity index (χ0v) is 14.2. The van der Waals surface area contributed by atoms with Crippen LogP contribution in [0, 0.1) is 0 Å². The summed E-state index contributed by atoms with van der Waals surface area (Å²) < 4.78 is 5.48. The maximum Gasteiger partial charge on any atom is 0.410 e. The number of piperidine rings is 1. The molecular formula is C16H26N4O2. The zero-order valence-electron chi connectivity index (χ0n) is 14.2. The van der Waals surface area contributed by atoms with Crippen molar-refractivity contribution in [2.24, 2.45) is 0 Å². The van der Waals surface area contributed by atoms with Crippen LogP contribution in [0.5, 0.6) is 0 Å². The molecule has 2 rings (SSSR count). The molecule has 1 atom stereocenters. The van der Waals surface area contributed by atoms with Crippen LogP contribution in [0.4, 0.5) is 10.6 Å². The highest BCUT2D eigenvalue weighted by molar-refractivity contribution is 5.68. The summed E-state index contributed by atoms with van der Waals surface area (Å²) in [5.74, 6) is 1.07. The average molecular weight is 306 g/mol. The van der Waals surface area contributed by atoms with Crippen molar-refractivity contribution in [3.8, 4) is 0 Å². The number of hydrogen-bond donors (Lipinski definition) is 0. The Hall–Kier alpha value is -1.85. The Kier molecular flexibility index (Phi) is 4.88. The molecule has 6 nitrogen and oxygen atoms in total. The zero-order chi connectivity index (χ0) is 16.3. The second-order valence-corrected chi connectivity index (χ2v) is 6.93. The molecule has 0 aromatic carbocycles.